The molecule has 4 nitrogen and oxygen atoms in total. The monoisotopic (exact) mass is 377 g/mol. The summed E-state index contributed by atoms with van der Waals surface area (Å²) in [7, 11) is 0. The van der Waals surface area contributed by atoms with Crippen LogP contribution in [0.1, 0.15) is 36.0 Å². The molecule has 144 valence electrons. The number of carbonyl (C=O) groups excluding carboxylic acids is 1. The normalized spacial score (nSPS) is 17.5. The van der Waals surface area contributed by atoms with E-state index in [9.17, 15) is 18.0 Å². The number of hydrogen-bond donors (Lipinski definition) is 1. The fraction of sp³-hybridized carbons (Fsp3) is 0.400. The zero-order valence-corrected chi connectivity index (χ0v) is 14.9. The molecule has 0 aliphatic carbocycles. The molecule has 1 aromatic carbocycles. The molecule has 1 aliphatic rings. The first-order chi connectivity index (χ1) is 12.9. The minimum absolute atomic E-state index is 0.00177. The Balaban J connectivity index is 1.59. The summed E-state index contributed by atoms with van der Waals surface area (Å²) in [6.45, 7) is 1.36. The van der Waals surface area contributed by atoms with Gasteiger partial charge in [-0.25, -0.2) is 0 Å². The van der Waals surface area contributed by atoms with Gasteiger partial charge in [-0.05, 0) is 42.6 Å². The second-order valence-electron chi connectivity index (χ2n) is 6.70. The molecule has 0 radical (unpaired) electrons. The van der Waals surface area contributed by atoms with Crippen LogP contribution >= 0.6 is 0 Å². The van der Waals surface area contributed by atoms with Gasteiger partial charge in [-0.15, -0.1) is 0 Å². The summed E-state index contributed by atoms with van der Waals surface area (Å²) in [5.41, 5.74) is 0.544. The molecule has 0 spiro atoms. The molecule has 1 aromatic heterocycles. The van der Waals surface area contributed by atoms with E-state index < -0.39 is 11.7 Å². The van der Waals surface area contributed by atoms with Gasteiger partial charge in [-0.1, -0.05) is 24.3 Å². The Labute approximate surface area is 156 Å². The topological polar surface area (TPSA) is 45.2 Å². The highest BCUT2D eigenvalue weighted by molar-refractivity contribution is 5.78. The van der Waals surface area contributed by atoms with Crippen LogP contribution in [0.2, 0.25) is 0 Å². The quantitative estimate of drug-likeness (QED) is 0.747. The van der Waals surface area contributed by atoms with Gasteiger partial charge in [-0.2, -0.15) is 13.2 Å². The molecule has 1 aliphatic heterocycles. The zero-order valence-electron chi connectivity index (χ0n) is 14.9. The largest absolute Gasteiger partial charge is 0.416 e. The molecule has 1 N–H and O–H groups in total. The fourth-order valence-corrected chi connectivity index (χ4v) is 3.43. The fourth-order valence-electron chi connectivity index (χ4n) is 3.43. The highest BCUT2D eigenvalue weighted by Gasteiger charge is 2.36. The first-order valence-electron chi connectivity index (χ1n) is 8.99. The lowest BCUT2D eigenvalue weighted by atomic mass is 10.1. The average molecular weight is 377 g/mol. The molecule has 27 heavy (non-hydrogen) atoms. The van der Waals surface area contributed by atoms with Gasteiger partial charge in [-0.3, -0.25) is 9.78 Å². The van der Waals surface area contributed by atoms with Crippen molar-refractivity contribution < 1.29 is 18.0 Å². The smallest absolute Gasteiger partial charge is 0.335 e. The van der Waals surface area contributed by atoms with E-state index in [0.717, 1.165) is 11.6 Å². The maximum Gasteiger partial charge on any atom is 0.416 e. The summed E-state index contributed by atoms with van der Waals surface area (Å²) in [6, 6.07) is 9.27. The molecule has 0 saturated carbocycles. The number of aromatic nitrogens is 1. The molecule has 1 fully saturated rings. The Morgan fingerprint density at radius 3 is 2.74 bits per heavy atom. The zero-order chi connectivity index (χ0) is 19.3. The lowest BCUT2D eigenvalue weighted by Crippen LogP contribution is -2.35. The third-order valence-electron chi connectivity index (χ3n) is 4.82. The van der Waals surface area contributed by atoms with Crippen LogP contribution in [0, 0.1) is 0 Å². The lowest BCUT2D eigenvalue weighted by Gasteiger charge is -2.26. The van der Waals surface area contributed by atoms with Crippen molar-refractivity contribution in [1.29, 1.82) is 0 Å². The second-order valence-corrected chi connectivity index (χ2v) is 6.70. The van der Waals surface area contributed by atoms with Crippen molar-refractivity contribution in [2.45, 2.75) is 44.6 Å². The Morgan fingerprint density at radius 1 is 1.19 bits per heavy atom. The molecule has 1 atom stereocenters. The Morgan fingerprint density at radius 2 is 2.00 bits per heavy atom. The van der Waals surface area contributed by atoms with E-state index in [-0.39, 0.29) is 24.1 Å². The number of rotatable bonds is 7. The van der Waals surface area contributed by atoms with Crippen LogP contribution < -0.4 is 5.32 Å². The van der Waals surface area contributed by atoms with E-state index in [1.165, 1.54) is 12.1 Å². The molecule has 2 heterocycles. The van der Waals surface area contributed by atoms with Gasteiger partial charge in [0, 0.05) is 37.9 Å². The molecule has 0 bridgehead atoms. The van der Waals surface area contributed by atoms with Crippen molar-refractivity contribution in [1.82, 2.24) is 15.2 Å². The van der Waals surface area contributed by atoms with Gasteiger partial charge >= 0.3 is 6.18 Å². The average Bonchev–Trinajstić information content (AvgIpc) is 2.99. The minimum Gasteiger partial charge on any atom is -0.335 e. The summed E-state index contributed by atoms with van der Waals surface area (Å²) in [6.07, 6.45) is 0.861. The van der Waals surface area contributed by atoms with Gasteiger partial charge in [0.1, 0.15) is 0 Å². The Kier molecular flexibility index (Phi) is 6.11. The predicted molar refractivity (Wildman–Crippen MR) is 95.6 cm³/mol. The molecule has 2 aromatic rings. The van der Waals surface area contributed by atoms with Gasteiger partial charge < -0.3 is 10.2 Å². The highest BCUT2D eigenvalue weighted by atomic mass is 19.4. The van der Waals surface area contributed by atoms with Crippen LogP contribution in [0.5, 0.6) is 0 Å². The number of hydrogen-bond acceptors (Lipinski definition) is 3. The number of pyridine rings is 1. The number of alkyl halides is 3. The molecule has 3 rings (SSSR count). The second kappa shape index (κ2) is 8.52. The summed E-state index contributed by atoms with van der Waals surface area (Å²) in [4.78, 5) is 17.9. The van der Waals surface area contributed by atoms with Crippen molar-refractivity contribution in [3.8, 4) is 0 Å². The summed E-state index contributed by atoms with van der Waals surface area (Å²) in [5.74, 6) is -0.0794. The predicted octanol–water partition coefficient (Wildman–Crippen LogP) is 3.77. The first kappa shape index (κ1) is 19.4. The Hall–Kier alpha value is -2.41. The number of halogens is 3. The first-order valence-corrected chi connectivity index (χ1v) is 8.99. The van der Waals surface area contributed by atoms with E-state index in [1.54, 1.807) is 23.4 Å². The van der Waals surface area contributed by atoms with E-state index in [2.05, 4.69) is 10.3 Å². The van der Waals surface area contributed by atoms with Crippen LogP contribution in [0.25, 0.3) is 0 Å². The lowest BCUT2D eigenvalue weighted by molar-refractivity contribution is -0.139. The number of amides is 1. The van der Waals surface area contributed by atoms with Crippen LogP contribution in [0.3, 0.4) is 0 Å². The maximum absolute atomic E-state index is 13.2. The number of nitrogens with one attached hydrogen (secondary N) is 1. The highest BCUT2D eigenvalue weighted by Crippen LogP contribution is 2.33. The van der Waals surface area contributed by atoms with Crippen LogP contribution in [-0.4, -0.2) is 28.4 Å². The number of likely N-dealkylation sites (tertiary alicyclic amines) is 1. The minimum atomic E-state index is -4.42. The van der Waals surface area contributed by atoms with Crippen molar-refractivity contribution in [2.75, 3.05) is 6.54 Å². The van der Waals surface area contributed by atoms with Gasteiger partial charge in [0.2, 0.25) is 5.91 Å². The molecule has 7 heteroatoms. The van der Waals surface area contributed by atoms with Crippen LogP contribution in [0.4, 0.5) is 13.2 Å². The number of carbonyl (C=O) groups is 1. The maximum atomic E-state index is 13.2. The third kappa shape index (κ3) is 5.07. The van der Waals surface area contributed by atoms with Crippen molar-refractivity contribution in [3.63, 3.8) is 0 Å². The molecule has 1 amide bonds. The molecular formula is C20H22F3N3O. The SMILES string of the molecule is O=C1CC[C@H](CCNCc2cccnc2)N1Cc1ccccc1C(F)(F)F. The number of nitrogens with zero attached hydrogens (tertiary/aromatic N) is 2. The van der Waals surface area contributed by atoms with E-state index in [0.29, 0.717) is 32.4 Å². The van der Waals surface area contributed by atoms with Gasteiger partial charge in [0.05, 0.1) is 5.56 Å². The molecule has 0 unspecified atom stereocenters. The van der Waals surface area contributed by atoms with Crippen molar-refractivity contribution in [2.24, 2.45) is 0 Å². The van der Waals surface area contributed by atoms with Crippen LogP contribution in [-0.2, 0) is 24.1 Å². The summed E-state index contributed by atoms with van der Waals surface area (Å²) < 4.78 is 39.6. The summed E-state index contributed by atoms with van der Waals surface area (Å²) >= 11 is 0. The van der Waals surface area contributed by atoms with E-state index in [1.807, 2.05) is 12.1 Å². The van der Waals surface area contributed by atoms with Crippen molar-refractivity contribution >= 4 is 5.91 Å². The van der Waals surface area contributed by atoms with E-state index >= 15 is 0 Å². The molecular weight excluding hydrogens is 355 g/mol. The van der Waals surface area contributed by atoms with Gasteiger partial charge in [0.15, 0.2) is 0 Å². The summed E-state index contributed by atoms with van der Waals surface area (Å²) in [5, 5.41) is 3.31. The number of benzene rings is 1. The van der Waals surface area contributed by atoms with Crippen LogP contribution in [0.15, 0.2) is 48.8 Å². The molecule has 1 saturated heterocycles. The van der Waals surface area contributed by atoms with E-state index in [4.69, 9.17) is 0 Å². The third-order valence-corrected chi connectivity index (χ3v) is 4.82. The van der Waals surface area contributed by atoms with Gasteiger partial charge in [0.25, 0.3) is 0 Å². The standard InChI is InChI=1S/C20H22F3N3O/c21-20(22,23)18-6-2-1-5-16(18)14-26-17(7-8-19(26)27)9-11-25-13-15-4-3-10-24-12-15/h1-6,10,12,17,25H,7-9,11,13-14H2/t17-/m1/s1. The Bertz CT molecular complexity index is 765. The van der Waals surface area contributed by atoms with Crippen molar-refractivity contribution in [3.05, 3.63) is 65.5 Å².